The lowest BCUT2D eigenvalue weighted by Gasteiger charge is -2.31. The van der Waals surface area contributed by atoms with Crippen LogP contribution in [0, 0.1) is 35.0 Å². The lowest BCUT2D eigenvalue weighted by molar-refractivity contribution is -0.130. The molecule has 1 aromatic carbocycles. The monoisotopic (exact) mass is 497 g/mol. The van der Waals surface area contributed by atoms with Crippen LogP contribution in [0.5, 0.6) is 0 Å². The first-order valence-electron chi connectivity index (χ1n) is 13.7. The zero-order chi connectivity index (χ0) is 27.4. The van der Waals surface area contributed by atoms with Crippen molar-refractivity contribution in [3.63, 3.8) is 0 Å². The van der Waals surface area contributed by atoms with Crippen LogP contribution in [0.15, 0.2) is 24.3 Å². The highest BCUT2D eigenvalue weighted by Crippen LogP contribution is 2.44. The highest BCUT2D eigenvalue weighted by atomic mass is 16.2. The molecule has 0 N–H and O–H groups in total. The molecular weight excluding hydrogens is 450 g/mol. The molecule has 1 aliphatic heterocycles. The van der Waals surface area contributed by atoms with Gasteiger partial charge >= 0.3 is 0 Å². The maximum atomic E-state index is 12.9. The third kappa shape index (κ3) is 7.60. The number of nitrogens with zero attached hydrogens (tertiary/aromatic N) is 1. The third-order valence-electron chi connectivity index (χ3n) is 7.17. The topological polar surface area (TPSA) is 71.5 Å². The van der Waals surface area contributed by atoms with Gasteiger partial charge in [-0.1, -0.05) is 80.9 Å². The first kappa shape index (κ1) is 29.9. The SMILES string of the molecule is CC(C)CCC(C(=O)C(C)(C)C)N1C(=O)c2ccccc2C1=O.CC(C)CCC1CC1C(=O)C(C)C. The Labute approximate surface area is 218 Å². The van der Waals surface area contributed by atoms with E-state index in [2.05, 4.69) is 27.7 Å². The Morgan fingerprint density at radius 2 is 1.36 bits per heavy atom. The standard InChI is InChI=1S/C19H25NO3.C12H22O/c1-12(2)10-11-15(16(21)19(3,4)5)20-17(22)13-8-6-7-9-14(13)18(20)23;1-8(2)5-6-10-7-11(10)12(13)9(3)4/h6-9,12,15H,10-11H2,1-5H3;8-11H,5-7H2,1-4H3. The van der Waals surface area contributed by atoms with Crippen LogP contribution < -0.4 is 0 Å². The molecule has 1 heterocycles. The fourth-order valence-corrected chi connectivity index (χ4v) is 4.75. The van der Waals surface area contributed by atoms with E-state index in [1.54, 1.807) is 24.3 Å². The minimum absolute atomic E-state index is 0.0624. The molecule has 0 saturated heterocycles. The molecule has 0 radical (unpaired) electrons. The molecule has 1 aliphatic carbocycles. The van der Waals surface area contributed by atoms with Crippen LogP contribution >= 0.6 is 0 Å². The fourth-order valence-electron chi connectivity index (χ4n) is 4.75. The molecule has 3 atom stereocenters. The predicted molar refractivity (Wildman–Crippen MR) is 145 cm³/mol. The molecule has 5 heteroatoms. The van der Waals surface area contributed by atoms with Crippen molar-refractivity contribution in [1.29, 1.82) is 0 Å². The number of amides is 2. The van der Waals surface area contributed by atoms with Gasteiger partial charge in [-0.3, -0.25) is 24.1 Å². The van der Waals surface area contributed by atoms with Crippen molar-refractivity contribution in [3.05, 3.63) is 35.4 Å². The molecule has 2 aliphatic rings. The van der Waals surface area contributed by atoms with E-state index < -0.39 is 11.5 Å². The summed E-state index contributed by atoms with van der Waals surface area (Å²) in [5.74, 6) is 2.33. The first-order chi connectivity index (χ1) is 16.7. The average molecular weight is 498 g/mol. The molecule has 200 valence electrons. The molecule has 3 rings (SSSR count). The normalized spacial score (nSPS) is 19.9. The summed E-state index contributed by atoms with van der Waals surface area (Å²) in [5, 5.41) is 0. The number of carbonyl (C=O) groups excluding carboxylic acids is 4. The second-order valence-electron chi connectivity index (χ2n) is 12.8. The molecule has 0 spiro atoms. The van der Waals surface area contributed by atoms with Crippen LogP contribution in [0.3, 0.4) is 0 Å². The van der Waals surface area contributed by atoms with Gasteiger partial charge in [-0.25, -0.2) is 0 Å². The van der Waals surface area contributed by atoms with Crippen molar-refractivity contribution in [2.75, 3.05) is 0 Å². The quantitative estimate of drug-likeness (QED) is 0.327. The van der Waals surface area contributed by atoms with Crippen molar-refractivity contribution in [1.82, 2.24) is 4.90 Å². The van der Waals surface area contributed by atoms with Gasteiger partial charge in [0.25, 0.3) is 11.8 Å². The number of Topliss-reactive ketones (excluding diaryl/α,β-unsaturated/α-hetero) is 2. The van der Waals surface area contributed by atoms with E-state index in [-0.39, 0.29) is 23.5 Å². The highest BCUT2D eigenvalue weighted by Gasteiger charge is 2.45. The summed E-state index contributed by atoms with van der Waals surface area (Å²) in [5.41, 5.74) is 0.194. The van der Waals surface area contributed by atoms with Crippen molar-refractivity contribution >= 4 is 23.4 Å². The van der Waals surface area contributed by atoms with Gasteiger partial charge in [0.15, 0.2) is 5.78 Å². The second-order valence-corrected chi connectivity index (χ2v) is 12.8. The Balaban J connectivity index is 0.000000297. The van der Waals surface area contributed by atoms with E-state index in [9.17, 15) is 19.2 Å². The van der Waals surface area contributed by atoms with Gasteiger partial charge in [0.1, 0.15) is 5.78 Å². The lowest BCUT2D eigenvalue weighted by Crippen LogP contribution is -2.48. The number of hydrogen-bond donors (Lipinski definition) is 0. The van der Waals surface area contributed by atoms with Gasteiger partial charge in [0.05, 0.1) is 17.2 Å². The third-order valence-corrected chi connectivity index (χ3v) is 7.17. The predicted octanol–water partition coefficient (Wildman–Crippen LogP) is 6.99. The average Bonchev–Trinajstić information content (AvgIpc) is 3.53. The number of hydrogen-bond acceptors (Lipinski definition) is 4. The number of ketones is 2. The molecular formula is C31H47NO4. The summed E-state index contributed by atoms with van der Waals surface area (Å²) in [6, 6.07) is 6.09. The van der Waals surface area contributed by atoms with Crippen LogP contribution in [0.4, 0.5) is 0 Å². The van der Waals surface area contributed by atoms with Crippen LogP contribution in [0.2, 0.25) is 0 Å². The van der Waals surface area contributed by atoms with Crippen molar-refractivity contribution in [2.45, 2.75) is 100 Å². The van der Waals surface area contributed by atoms with E-state index in [4.69, 9.17) is 0 Å². The molecule has 5 nitrogen and oxygen atoms in total. The fraction of sp³-hybridized carbons (Fsp3) is 0.677. The maximum absolute atomic E-state index is 12.9. The van der Waals surface area contributed by atoms with Crippen molar-refractivity contribution in [2.24, 2.45) is 35.0 Å². The molecule has 0 bridgehead atoms. The van der Waals surface area contributed by atoms with E-state index in [1.165, 1.54) is 24.2 Å². The summed E-state index contributed by atoms with van der Waals surface area (Å²) in [7, 11) is 0. The molecule has 1 fully saturated rings. The second kappa shape index (κ2) is 12.3. The maximum Gasteiger partial charge on any atom is 0.262 e. The Morgan fingerprint density at radius 3 is 1.78 bits per heavy atom. The number of rotatable bonds is 10. The van der Waals surface area contributed by atoms with Crippen LogP contribution in [-0.2, 0) is 9.59 Å². The zero-order valence-corrected chi connectivity index (χ0v) is 23.9. The summed E-state index contributed by atoms with van der Waals surface area (Å²) < 4.78 is 0. The van der Waals surface area contributed by atoms with Crippen LogP contribution in [0.1, 0.15) is 115 Å². The first-order valence-corrected chi connectivity index (χ1v) is 13.7. The highest BCUT2D eigenvalue weighted by molar-refractivity contribution is 6.23. The van der Waals surface area contributed by atoms with Gasteiger partial charge < -0.3 is 0 Å². The zero-order valence-electron chi connectivity index (χ0n) is 23.9. The summed E-state index contributed by atoms with van der Waals surface area (Å²) in [6.07, 6.45) is 5.02. The molecule has 0 aromatic heterocycles. The minimum atomic E-state index is -0.690. The Kier molecular flexibility index (Phi) is 10.2. The number of fused-ring (bicyclic) bond motifs is 1. The van der Waals surface area contributed by atoms with E-state index >= 15 is 0 Å². The van der Waals surface area contributed by atoms with Gasteiger partial charge in [-0.2, -0.15) is 0 Å². The smallest absolute Gasteiger partial charge is 0.262 e. The van der Waals surface area contributed by atoms with Crippen molar-refractivity contribution in [3.8, 4) is 0 Å². The van der Waals surface area contributed by atoms with E-state index in [1.807, 2.05) is 34.6 Å². The van der Waals surface area contributed by atoms with Gasteiger partial charge in [-0.05, 0) is 55.6 Å². The van der Waals surface area contributed by atoms with Crippen LogP contribution in [0.25, 0.3) is 0 Å². The van der Waals surface area contributed by atoms with E-state index in [0.29, 0.717) is 35.2 Å². The van der Waals surface area contributed by atoms with Gasteiger partial charge in [0, 0.05) is 17.3 Å². The summed E-state index contributed by atoms with van der Waals surface area (Å²) in [6.45, 7) is 18.2. The van der Waals surface area contributed by atoms with E-state index in [0.717, 1.165) is 18.3 Å². The largest absolute Gasteiger partial charge is 0.299 e. The number of imide groups is 1. The Hall–Kier alpha value is -2.30. The Bertz CT molecular complexity index is 919. The van der Waals surface area contributed by atoms with Gasteiger partial charge in [0.2, 0.25) is 0 Å². The van der Waals surface area contributed by atoms with Crippen LogP contribution in [-0.4, -0.2) is 34.3 Å². The molecule has 2 amide bonds. The molecule has 1 aromatic rings. The summed E-state index contributed by atoms with van der Waals surface area (Å²) >= 11 is 0. The van der Waals surface area contributed by atoms with Gasteiger partial charge in [-0.15, -0.1) is 0 Å². The Morgan fingerprint density at radius 1 is 0.861 bits per heavy atom. The van der Waals surface area contributed by atoms with Crippen molar-refractivity contribution < 1.29 is 19.2 Å². The minimum Gasteiger partial charge on any atom is -0.299 e. The molecule has 1 saturated carbocycles. The molecule has 3 unspecified atom stereocenters. The number of benzene rings is 1. The molecule has 36 heavy (non-hydrogen) atoms. The summed E-state index contributed by atoms with van der Waals surface area (Å²) in [4.78, 5) is 51.0. The lowest BCUT2D eigenvalue weighted by atomic mass is 9.83. The number of carbonyl (C=O) groups is 4.